The van der Waals surface area contributed by atoms with Crippen molar-refractivity contribution in [3.63, 3.8) is 0 Å². The Hall–Kier alpha value is -4.26. The van der Waals surface area contributed by atoms with Gasteiger partial charge in [0.2, 0.25) is 0 Å². The third-order valence-electron chi connectivity index (χ3n) is 5.53. The molecule has 4 aromatic rings. The van der Waals surface area contributed by atoms with Crippen LogP contribution in [0.1, 0.15) is 30.0 Å². The maximum Gasteiger partial charge on any atom is 0.334 e. The van der Waals surface area contributed by atoms with Crippen LogP contribution in [0.5, 0.6) is 0 Å². The number of para-hydroxylation sites is 3. The van der Waals surface area contributed by atoms with E-state index in [1.54, 1.807) is 29.7 Å². The number of nitro benzene ring substituents is 1. The molecule has 0 bridgehead atoms. The summed E-state index contributed by atoms with van der Waals surface area (Å²) in [5.41, 5.74) is 4.70. The van der Waals surface area contributed by atoms with Gasteiger partial charge in [0.25, 0.3) is 5.69 Å². The van der Waals surface area contributed by atoms with Gasteiger partial charge in [-0.2, -0.15) is 0 Å². The van der Waals surface area contributed by atoms with E-state index < -0.39 is 10.9 Å². The van der Waals surface area contributed by atoms with E-state index in [9.17, 15) is 14.9 Å². The highest BCUT2D eigenvalue weighted by molar-refractivity contribution is 6.12. The predicted molar refractivity (Wildman–Crippen MR) is 128 cm³/mol. The van der Waals surface area contributed by atoms with Gasteiger partial charge >= 0.3 is 5.97 Å². The molecule has 7 nitrogen and oxygen atoms in total. The number of carbonyl (C=O) groups is 1. The quantitative estimate of drug-likeness (QED) is 0.158. The van der Waals surface area contributed by atoms with Crippen LogP contribution in [0.15, 0.2) is 84.1 Å². The standard InChI is InChI=1S/C26H23N3O4/c1-3-26(30)33-27-22(16-19-11-5-4-10-18(19)2)21-17-28(23-13-7-6-12-20(21)23)24-14-8-9-15-25(24)29(31)32/h4-15,17H,3,16H2,1-2H3/b27-22+. The Morgan fingerprint density at radius 3 is 2.48 bits per heavy atom. The van der Waals surface area contributed by atoms with Crippen LogP contribution in [-0.2, 0) is 16.1 Å². The molecule has 0 N–H and O–H groups in total. The predicted octanol–water partition coefficient (Wildman–Crippen LogP) is 5.75. The van der Waals surface area contributed by atoms with Gasteiger partial charge in [-0.25, -0.2) is 4.79 Å². The summed E-state index contributed by atoms with van der Waals surface area (Å²) in [6.45, 7) is 3.72. The molecule has 0 saturated carbocycles. The Bertz CT molecular complexity index is 1370. The molecule has 0 fully saturated rings. The molecular weight excluding hydrogens is 418 g/mol. The lowest BCUT2D eigenvalue weighted by atomic mass is 9.98. The van der Waals surface area contributed by atoms with Crippen LogP contribution in [0.25, 0.3) is 16.6 Å². The first-order chi connectivity index (χ1) is 16.0. The first kappa shape index (κ1) is 22.0. The molecular formula is C26H23N3O4. The Morgan fingerprint density at radius 1 is 1.03 bits per heavy atom. The summed E-state index contributed by atoms with van der Waals surface area (Å²) in [4.78, 5) is 28.3. The minimum absolute atomic E-state index is 0.000364. The zero-order valence-corrected chi connectivity index (χ0v) is 18.4. The van der Waals surface area contributed by atoms with Gasteiger partial charge < -0.3 is 9.40 Å². The van der Waals surface area contributed by atoms with E-state index in [4.69, 9.17) is 4.84 Å². The number of nitrogens with zero attached hydrogens (tertiary/aromatic N) is 3. The minimum atomic E-state index is -0.431. The van der Waals surface area contributed by atoms with Crippen molar-refractivity contribution < 1.29 is 14.6 Å². The monoisotopic (exact) mass is 441 g/mol. The second-order valence-electron chi connectivity index (χ2n) is 7.63. The number of aromatic nitrogens is 1. The fourth-order valence-corrected chi connectivity index (χ4v) is 3.77. The maximum absolute atomic E-state index is 11.9. The lowest BCUT2D eigenvalue weighted by Crippen LogP contribution is -2.09. The zero-order chi connectivity index (χ0) is 23.4. The lowest BCUT2D eigenvalue weighted by Gasteiger charge is -2.08. The second-order valence-corrected chi connectivity index (χ2v) is 7.63. The van der Waals surface area contributed by atoms with E-state index in [0.29, 0.717) is 17.8 Å². The van der Waals surface area contributed by atoms with Gasteiger partial charge in [-0.1, -0.05) is 66.7 Å². The van der Waals surface area contributed by atoms with Crippen LogP contribution in [0, 0.1) is 17.0 Å². The first-order valence-corrected chi connectivity index (χ1v) is 10.6. The molecule has 4 rings (SSSR count). The van der Waals surface area contributed by atoms with Crippen molar-refractivity contribution in [2.45, 2.75) is 26.7 Å². The third kappa shape index (κ3) is 4.52. The van der Waals surface area contributed by atoms with Crippen molar-refractivity contribution in [1.29, 1.82) is 0 Å². The van der Waals surface area contributed by atoms with Crippen LogP contribution >= 0.6 is 0 Å². The Labute approximate surface area is 191 Å². The number of carbonyl (C=O) groups excluding carboxylic acids is 1. The molecule has 0 aliphatic heterocycles. The molecule has 0 spiro atoms. The highest BCUT2D eigenvalue weighted by Gasteiger charge is 2.21. The van der Waals surface area contributed by atoms with Crippen molar-refractivity contribution in [3.8, 4) is 5.69 Å². The molecule has 0 aliphatic rings. The summed E-state index contributed by atoms with van der Waals surface area (Å²) in [5.74, 6) is -0.431. The fraction of sp³-hybridized carbons (Fsp3) is 0.154. The molecule has 33 heavy (non-hydrogen) atoms. The third-order valence-corrected chi connectivity index (χ3v) is 5.53. The van der Waals surface area contributed by atoms with E-state index in [2.05, 4.69) is 5.16 Å². The number of aryl methyl sites for hydroxylation is 1. The minimum Gasteiger partial charge on any atom is -0.318 e. The van der Waals surface area contributed by atoms with Gasteiger partial charge in [0, 0.05) is 36.1 Å². The van der Waals surface area contributed by atoms with Crippen LogP contribution in [0.3, 0.4) is 0 Å². The fourth-order valence-electron chi connectivity index (χ4n) is 3.77. The van der Waals surface area contributed by atoms with E-state index in [1.807, 2.05) is 61.7 Å². The largest absolute Gasteiger partial charge is 0.334 e. The number of rotatable bonds is 7. The highest BCUT2D eigenvalue weighted by atomic mass is 16.7. The van der Waals surface area contributed by atoms with Crippen LogP contribution < -0.4 is 0 Å². The van der Waals surface area contributed by atoms with Gasteiger partial charge in [0.15, 0.2) is 0 Å². The summed E-state index contributed by atoms with van der Waals surface area (Å²) in [6.07, 6.45) is 2.47. The average Bonchev–Trinajstić information content (AvgIpc) is 3.22. The molecule has 7 heteroatoms. The number of benzene rings is 3. The van der Waals surface area contributed by atoms with Crippen LogP contribution in [0.4, 0.5) is 5.69 Å². The topological polar surface area (TPSA) is 86.7 Å². The summed E-state index contributed by atoms with van der Waals surface area (Å²) < 4.78 is 1.79. The Morgan fingerprint density at radius 2 is 1.73 bits per heavy atom. The molecule has 0 atom stereocenters. The number of fused-ring (bicyclic) bond motifs is 1. The molecule has 166 valence electrons. The van der Waals surface area contributed by atoms with Gasteiger partial charge in [-0.3, -0.25) is 10.1 Å². The summed E-state index contributed by atoms with van der Waals surface area (Å²) >= 11 is 0. The SMILES string of the molecule is CCC(=O)O/N=C(\Cc1ccccc1C)c1cn(-c2ccccc2[N+](=O)[O-])c2ccccc12. The number of hydrogen-bond acceptors (Lipinski definition) is 5. The van der Waals surface area contributed by atoms with Gasteiger partial charge in [0.1, 0.15) is 5.69 Å². The van der Waals surface area contributed by atoms with Crippen molar-refractivity contribution in [2.24, 2.45) is 5.16 Å². The average molecular weight is 441 g/mol. The van der Waals surface area contributed by atoms with E-state index >= 15 is 0 Å². The number of oxime groups is 1. The maximum atomic E-state index is 11.9. The van der Waals surface area contributed by atoms with E-state index in [0.717, 1.165) is 27.6 Å². The molecule has 0 aliphatic carbocycles. The zero-order valence-electron chi connectivity index (χ0n) is 18.4. The van der Waals surface area contributed by atoms with Crippen LogP contribution in [-0.4, -0.2) is 21.2 Å². The van der Waals surface area contributed by atoms with E-state index in [-0.39, 0.29) is 12.1 Å². The second kappa shape index (κ2) is 9.48. The molecule has 0 unspecified atom stereocenters. The smallest absolute Gasteiger partial charge is 0.318 e. The van der Waals surface area contributed by atoms with Gasteiger partial charge in [-0.05, 0) is 30.2 Å². The van der Waals surface area contributed by atoms with Crippen molar-refractivity contribution in [3.05, 3.63) is 106 Å². The normalized spacial score (nSPS) is 11.5. The molecule has 1 aromatic heterocycles. The van der Waals surface area contributed by atoms with Crippen molar-refractivity contribution >= 4 is 28.3 Å². The molecule has 0 saturated heterocycles. The van der Waals surface area contributed by atoms with Crippen molar-refractivity contribution in [1.82, 2.24) is 4.57 Å². The Balaban J connectivity index is 1.91. The first-order valence-electron chi connectivity index (χ1n) is 10.6. The van der Waals surface area contributed by atoms with Gasteiger partial charge in [0.05, 0.1) is 16.2 Å². The molecule has 3 aromatic carbocycles. The Kier molecular flexibility index (Phi) is 6.31. The lowest BCUT2D eigenvalue weighted by molar-refractivity contribution is -0.384. The van der Waals surface area contributed by atoms with E-state index in [1.165, 1.54) is 6.07 Å². The molecule has 1 heterocycles. The highest BCUT2D eigenvalue weighted by Crippen LogP contribution is 2.31. The van der Waals surface area contributed by atoms with Crippen molar-refractivity contribution in [2.75, 3.05) is 0 Å². The molecule has 0 radical (unpaired) electrons. The molecule has 0 amide bonds. The van der Waals surface area contributed by atoms with Crippen LogP contribution in [0.2, 0.25) is 0 Å². The van der Waals surface area contributed by atoms with Gasteiger partial charge in [-0.15, -0.1) is 0 Å². The summed E-state index contributed by atoms with van der Waals surface area (Å²) in [5, 5.41) is 16.8. The summed E-state index contributed by atoms with van der Waals surface area (Å²) in [6, 6.07) is 22.2. The number of hydrogen-bond donors (Lipinski definition) is 0. The number of nitro groups is 1. The summed E-state index contributed by atoms with van der Waals surface area (Å²) in [7, 11) is 0.